The van der Waals surface area contributed by atoms with Gasteiger partial charge in [0.1, 0.15) is 0 Å². The van der Waals surface area contributed by atoms with Crippen molar-refractivity contribution in [2.24, 2.45) is 7.05 Å². The highest BCUT2D eigenvalue weighted by atomic mass is 16.2. The number of carbonyl (C=O) groups excluding carboxylic acids is 1. The Morgan fingerprint density at radius 2 is 2.10 bits per heavy atom. The van der Waals surface area contributed by atoms with Gasteiger partial charge in [0, 0.05) is 44.3 Å². The van der Waals surface area contributed by atoms with Crippen LogP contribution in [0, 0.1) is 6.92 Å². The van der Waals surface area contributed by atoms with Gasteiger partial charge in [-0.3, -0.25) is 14.5 Å². The van der Waals surface area contributed by atoms with Crippen molar-refractivity contribution in [3.8, 4) is 0 Å². The third-order valence-corrected chi connectivity index (χ3v) is 4.00. The first-order chi connectivity index (χ1) is 10.1. The summed E-state index contributed by atoms with van der Waals surface area (Å²) < 4.78 is 1.83. The third-order valence-electron chi connectivity index (χ3n) is 4.00. The molecule has 2 aromatic rings. The maximum absolute atomic E-state index is 12.1. The molecule has 1 fully saturated rings. The lowest BCUT2D eigenvalue weighted by Gasteiger charge is -2.26. The van der Waals surface area contributed by atoms with E-state index in [4.69, 9.17) is 0 Å². The maximum atomic E-state index is 12.1. The Labute approximate surface area is 123 Å². The fraction of sp³-hybridized carbons (Fsp3) is 0.400. The summed E-state index contributed by atoms with van der Waals surface area (Å²) in [5, 5.41) is 7.68. The summed E-state index contributed by atoms with van der Waals surface area (Å²) in [4.78, 5) is 18.1. The number of pyridine rings is 1. The summed E-state index contributed by atoms with van der Waals surface area (Å²) >= 11 is 0. The number of aryl methyl sites for hydroxylation is 2. The van der Waals surface area contributed by atoms with Crippen LogP contribution in [0.15, 0.2) is 30.6 Å². The molecule has 0 saturated carbocycles. The Hall–Kier alpha value is -2.37. The minimum atomic E-state index is -0.0153. The lowest BCUT2D eigenvalue weighted by atomic mass is 10.1. The molecule has 1 amide bonds. The fourth-order valence-electron chi connectivity index (χ4n) is 2.93. The van der Waals surface area contributed by atoms with E-state index in [0.29, 0.717) is 6.42 Å². The third kappa shape index (κ3) is 2.49. The van der Waals surface area contributed by atoms with Gasteiger partial charge in [0.15, 0.2) is 0 Å². The highest BCUT2D eigenvalue weighted by Gasteiger charge is 2.39. The van der Waals surface area contributed by atoms with Gasteiger partial charge in [0.2, 0.25) is 5.91 Å². The predicted octanol–water partition coefficient (Wildman–Crippen LogP) is 1.51. The summed E-state index contributed by atoms with van der Waals surface area (Å²) in [6.07, 6.45) is 4.02. The molecule has 3 rings (SSSR count). The number of nitrogens with one attached hydrogen (secondary N) is 1. The number of anilines is 1. The molecule has 6 nitrogen and oxygen atoms in total. The predicted molar refractivity (Wildman–Crippen MR) is 79.7 cm³/mol. The lowest BCUT2D eigenvalue weighted by molar-refractivity contribution is -0.127. The van der Waals surface area contributed by atoms with Gasteiger partial charge >= 0.3 is 0 Å². The molecule has 2 aromatic heterocycles. The van der Waals surface area contributed by atoms with Crippen molar-refractivity contribution in [1.29, 1.82) is 0 Å². The minimum Gasteiger partial charge on any atom is -0.379 e. The SMILES string of the molecule is Cc1cc(N[C@@H]2CC(=O)N(C)[C@H]2c2ccnn2C)ccn1. The quantitative estimate of drug-likeness (QED) is 0.928. The van der Waals surface area contributed by atoms with E-state index in [-0.39, 0.29) is 18.0 Å². The second kappa shape index (κ2) is 5.20. The van der Waals surface area contributed by atoms with Crippen LogP contribution in [0.5, 0.6) is 0 Å². The van der Waals surface area contributed by atoms with E-state index >= 15 is 0 Å². The van der Waals surface area contributed by atoms with Crippen LogP contribution in [0.1, 0.15) is 23.9 Å². The smallest absolute Gasteiger partial charge is 0.225 e. The van der Waals surface area contributed by atoms with Crippen LogP contribution in [-0.4, -0.2) is 38.7 Å². The second-order valence-corrected chi connectivity index (χ2v) is 5.47. The van der Waals surface area contributed by atoms with Crippen molar-refractivity contribution < 1.29 is 4.79 Å². The Bertz CT molecular complexity index is 666. The molecular formula is C15H19N5O. The molecule has 2 atom stereocenters. The molecule has 0 aliphatic carbocycles. The van der Waals surface area contributed by atoms with Crippen LogP contribution < -0.4 is 5.32 Å². The maximum Gasteiger partial charge on any atom is 0.225 e. The summed E-state index contributed by atoms with van der Waals surface area (Å²) in [5.74, 6) is 0.143. The summed E-state index contributed by atoms with van der Waals surface area (Å²) in [6, 6.07) is 5.89. The molecule has 6 heteroatoms. The molecule has 0 aromatic carbocycles. The topological polar surface area (TPSA) is 63.1 Å². The molecule has 0 unspecified atom stereocenters. The van der Waals surface area contributed by atoms with Crippen LogP contribution >= 0.6 is 0 Å². The number of aromatic nitrogens is 3. The number of nitrogens with zero attached hydrogens (tertiary/aromatic N) is 4. The van der Waals surface area contributed by atoms with Crippen LogP contribution in [0.4, 0.5) is 5.69 Å². The van der Waals surface area contributed by atoms with E-state index in [1.54, 1.807) is 17.3 Å². The fourth-order valence-corrected chi connectivity index (χ4v) is 2.93. The van der Waals surface area contributed by atoms with E-state index in [9.17, 15) is 4.79 Å². The average molecular weight is 285 g/mol. The first-order valence-electron chi connectivity index (χ1n) is 6.99. The normalized spacial score (nSPS) is 21.9. The van der Waals surface area contributed by atoms with E-state index < -0.39 is 0 Å². The van der Waals surface area contributed by atoms with Crippen molar-refractivity contribution in [2.75, 3.05) is 12.4 Å². The first kappa shape index (κ1) is 13.6. The van der Waals surface area contributed by atoms with E-state index in [0.717, 1.165) is 17.1 Å². The number of rotatable bonds is 3. The van der Waals surface area contributed by atoms with E-state index in [1.807, 2.05) is 43.9 Å². The van der Waals surface area contributed by atoms with Crippen molar-refractivity contribution in [3.05, 3.63) is 42.0 Å². The number of carbonyl (C=O) groups is 1. The van der Waals surface area contributed by atoms with Crippen LogP contribution in [-0.2, 0) is 11.8 Å². The largest absolute Gasteiger partial charge is 0.379 e. The zero-order chi connectivity index (χ0) is 15.0. The van der Waals surface area contributed by atoms with Crippen molar-refractivity contribution in [2.45, 2.75) is 25.4 Å². The van der Waals surface area contributed by atoms with Gasteiger partial charge in [-0.15, -0.1) is 0 Å². The Morgan fingerprint density at radius 1 is 1.29 bits per heavy atom. The standard InChI is InChI=1S/C15H19N5O/c1-10-8-11(4-6-16-10)18-12-9-14(21)19(2)15(12)13-5-7-17-20(13)3/h4-8,12,15H,9H2,1-3H3,(H,16,18)/t12-,15-/m1/s1. The molecular weight excluding hydrogens is 266 g/mol. The summed E-state index contributed by atoms with van der Waals surface area (Å²) in [6.45, 7) is 1.95. The molecule has 0 bridgehead atoms. The molecule has 0 radical (unpaired) electrons. The van der Waals surface area contributed by atoms with Gasteiger partial charge in [-0.05, 0) is 25.1 Å². The molecule has 21 heavy (non-hydrogen) atoms. The lowest BCUT2D eigenvalue weighted by Crippen LogP contribution is -2.31. The highest BCUT2D eigenvalue weighted by Crippen LogP contribution is 2.33. The first-order valence-corrected chi connectivity index (χ1v) is 6.99. The van der Waals surface area contributed by atoms with Crippen molar-refractivity contribution >= 4 is 11.6 Å². The molecule has 110 valence electrons. The highest BCUT2D eigenvalue weighted by molar-refractivity contribution is 5.80. The monoisotopic (exact) mass is 285 g/mol. The van der Waals surface area contributed by atoms with E-state index in [1.165, 1.54) is 0 Å². The molecule has 1 N–H and O–H groups in total. The van der Waals surface area contributed by atoms with Crippen molar-refractivity contribution in [1.82, 2.24) is 19.7 Å². The van der Waals surface area contributed by atoms with Gasteiger partial charge in [0.25, 0.3) is 0 Å². The number of hydrogen-bond donors (Lipinski definition) is 1. The van der Waals surface area contributed by atoms with Gasteiger partial charge in [-0.1, -0.05) is 0 Å². The second-order valence-electron chi connectivity index (χ2n) is 5.47. The molecule has 1 aliphatic heterocycles. The van der Waals surface area contributed by atoms with Crippen LogP contribution in [0.2, 0.25) is 0 Å². The minimum absolute atomic E-state index is 0.0153. The Morgan fingerprint density at radius 3 is 2.76 bits per heavy atom. The Kier molecular flexibility index (Phi) is 3.37. The van der Waals surface area contributed by atoms with Gasteiger partial charge < -0.3 is 10.2 Å². The van der Waals surface area contributed by atoms with Crippen LogP contribution in [0.3, 0.4) is 0 Å². The van der Waals surface area contributed by atoms with Gasteiger partial charge in [-0.2, -0.15) is 5.10 Å². The molecule has 0 spiro atoms. The molecule has 3 heterocycles. The summed E-state index contributed by atoms with van der Waals surface area (Å²) in [7, 11) is 3.75. The average Bonchev–Trinajstić information content (AvgIpc) is 2.95. The number of likely N-dealkylation sites (tertiary alicyclic amines) is 1. The number of hydrogen-bond acceptors (Lipinski definition) is 4. The number of likely N-dealkylation sites (N-methyl/N-ethyl adjacent to an activating group) is 1. The molecule has 1 aliphatic rings. The van der Waals surface area contributed by atoms with Gasteiger partial charge in [-0.25, -0.2) is 0 Å². The van der Waals surface area contributed by atoms with Crippen molar-refractivity contribution in [3.63, 3.8) is 0 Å². The van der Waals surface area contributed by atoms with E-state index in [2.05, 4.69) is 15.4 Å². The van der Waals surface area contributed by atoms with Gasteiger partial charge in [0.05, 0.1) is 17.8 Å². The zero-order valence-corrected chi connectivity index (χ0v) is 12.4. The van der Waals surface area contributed by atoms with Crippen LogP contribution in [0.25, 0.3) is 0 Å². The zero-order valence-electron chi connectivity index (χ0n) is 12.4. The summed E-state index contributed by atoms with van der Waals surface area (Å²) in [5.41, 5.74) is 2.98. The Balaban J connectivity index is 1.89. The molecule has 1 saturated heterocycles. The number of amides is 1.